The summed E-state index contributed by atoms with van der Waals surface area (Å²) in [6, 6.07) is 11.0. The molecule has 10 heteroatoms. The molecule has 162 valence electrons. The Morgan fingerprint density at radius 1 is 1.10 bits per heavy atom. The first-order chi connectivity index (χ1) is 14.7. The van der Waals surface area contributed by atoms with Gasteiger partial charge in [0.05, 0.1) is 12.2 Å². The van der Waals surface area contributed by atoms with Gasteiger partial charge >= 0.3 is 12.1 Å². The minimum Gasteiger partial charge on any atom is -0.462 e. The van der Waals surface area contributed by atoms with Crippen LogP contribution in [0.5, 0.6) is 0 Å². The Morgan fingerprint density at radius 2 is 1.74 bits per heavy atom. The normalized spacial score (nSPS) is 11.3. The number of amides is 1. The molecule has 0 spiro atoms. The summed E-state index contributed by atoms with van der Waals surface area (Å²) >= 11 is 1.04. The van der Waals surface area contributed by atoms with Crippen LogP contribution < -0.4 is 11.1 Å². The number of thiazole rings is 1. The molecule has 0 atom stereocenters. The molecule has 1 heterocycles. The van der Waals surface area contributed by atoms with Gasteiger partial charge in [0.1, 0.15) is 5.01 Å². The second-order valence-electron chi connectivity index (χ2n) is 6.35. The maximum Gasteiger partial charge on any atom is 0.416 e. The monoisotopic (exact) mass is 449 g/mol. The highest BCUT2D eigenvalue weighted by atomic mass is 32.1. The van der Waals surface area contributed by atoms with Crippen LogP contribution in [0, 0.1) is 0 Å². The summed E-state index contributed by atoms with van der Waals surface area (Å²) in [6.45, 7) is 2.15. The molecular weight excluding hydrogens is 431 g/mol. The van der Waals surface area contributed by atoms with Gasteiger partial charge in [-0.25, -0.2) is 9.78 Å². The summed E-state index contributed by atoms with van der Waals surface area (Å²) in [5, 5.41) is 2.96. The first-order valence-electron chi connectivity index (χ1n) is 9.19. The molecular formula is C21H18F3N3O3S. The van der Waals surface area contributed by atoms with Crippen molar-refractivity contribution < 1.29 is 27.5 Å². The van der Waals surface area contributed by atoms with Crippen molar-refractivity contribution in [3.8, 4) is 10.6 Å². The quantitative estimate of drug-likeness (QED) is 0.531. The minimum atomic E-state index is -4.50. The number of carbonyl (C=O) groups excluding carboxylic acids is 2. The average Bonchev–Trinajstić information content (AvgIpc) is 3.17. The smallest absolute Gasteiger partial charge is 0.416 e. The van der Waals surface area contributed by atoms with E-state index in [2.05, 4.69) is 10.3 Å². The number of nitrogens with two attached hydrogens (primary N) is 1. The van der Waals surface area contributed by atoms with Crippen LogP contribution in [0.2, 0.25) is 0 Å². The Morgan fingerprint density at radius 3 is 2.29 bits per heavy atom. The lowest BCUT2D eigenvalue weighted by molar-refractivity contribution is -0.137. The summed E-state index contributed by atoms with van der Waals surface area (Å²) in [5.41, 5.74) is 6.35. The Balaban J connectivity index is 1.90. The van der Waals surface area contributed by atoms with Crippen molar-refractivity contribution in [1.29, 1.82) is 0 Å². The van der Waals surface area contributed by atoms with Crippen LogP contribution in [0.25, 0.3) is 10.6 Å². The van der Waals surface area contributed by atoms with E-state index in [1.807, 2.05) is 12.1 Å². The number of hydrogen-bond acceptors (Lipinski definition) is 6. The molecule has 0 aliphatic heterocycles. The Bertz CT molecular complexity index is 1080. The van der Waals surface area contributed by atoms with Gasteiger partial charge in [-0.05, 0) is 36.8 Å². The second kappa shape index (κ2) is 9.27. The summed E-state index contributed by atoms with van der Waals surface area (Å²) in [5.74, 6) is -1.38. The molecule has 0 bridgehead atoms. The standard InChI is InChI=1S/C21H18F3N3O3S/c1-2-30-20(29)16-17(27-19(31-16)14-5-3-12(11-25)4-6-14)26-18(28)13-7-9-15(10-8-13)21(22,23)24/h3-10H,2,11,25H2,1H3,(H,26,28). The maximum absolute atomic E-state index is 12.7. The minimum absolute atomic E-state index is 0.00958. The van der Waals surface area contributed by atoms with E-state index in [1.165, 1.54) is 0 Å². The van der Waals surface area contributed by atoms with Crippen molar-refractivity contribution in [2.75, 3.05) is 11.9 Å². The molecule has 3 aromatic rings. The number of alkyl halides is 3. The van der Waals surface area contributed by atoms with Crippen molar-refractivity contribution >= 4 is 29.0 Å². The molecule has 0 saturated carbocycles. The van der Waals surface area contributed by atoms with E-state index in [0.717, 1.165) is 41.2 Å². The lowest BCUT2D eigenvalue weighted by Crippen LogP contribution is -2.15. The zero-order valence-corrected chi connectivity index (χ0v) is 17.1. The van der Waals surface area contributed by atoms with Gasteiger partial charge in [-0.3, -0.25) is 4.79 Å². The van der Waals surface area contributed by atoms with Crippen LogP contribution in [-0.4, -0.2) is 23.5 Å². The number of nitrogens with one attached hydrogen (secondary N) is 1. The molecule has 1 amide bonds. The predicted octanol–water partition coefficient (Wildman–Crippen LogP) is 4.72. The third kappa shape index (κ3) is 5.28. The van der Waals surface area contributed by atoms with Gasteiger partial charge < -0.3 is 15.8 Å². The fourth-order valence-corrected chi connectivity index (χ4v) is 3.56. The van der Waals surface area contributed by atoms with E-state index >= 15 is 0 Å². The van der Waals surface area contributed by atoms with Gasteiger partial charge in [-0.15, -0.1) is 11.3 Å². The molecule has 6 nitrogen and oxygen atoms in total. The van der Waals surface area contributed by atoms with Crippen LogP contribution in [0.15, 0.2) is 48.5 Å². The largest absolute Gasteiger partial charge is 0.462 e. The van der Waals surface area contributed by atoms with Crippen molar-refractivity contribution in [3.05, 3.63) is 70.1 Å². The maximum atomic E-state index is 12.7. The molecule has 0 saturated heterocycles. The number of nitrogens with zero attached hydrogens (tertiary/aromatic N) is 1. The second-order valence-corrected chi connectivity index (χ2v) is 7.35. The van der Waals surface area contributed by atoms with Crippen molar-refractivity contribution in [1.82, 2.24) is 4.98 Å². The highest BCUT2D eigenvalue weighted by molar-refractivity contribution is 7.17. The van der Waals surface area contributed by atoms with E-state index in [1.54, 1.807) is 19.1 Å². The van der Waals surface area contributed by atoms with Crippen LogP contribution >= 0.6 is 11.3 Å². The number of carbonyl (C=O) groups is 2. The lowest BCUT2D eigenvalue weighted by atomic mass is 10.1. The third-order valence-corrected chi connectivity index (χ3v) is 5.32. The SMILES string of the molecule is CCOC(=O)c1sc(-c2ccc(CN)cc2)nc1NC(=O)c1ccc(C(F)(F)F)cc1. The van der Waals surface area contributed by atoms with E-state index < -0.39 is 23.6 Å². The van der Waals surface area contributed by atoms with E-state index in [0.29, 0.717) is 17.1 Å². The fraction of sp³-hybridized carbons (Fsp3) is 0.190. The number of anilines is 1. The molecule has 0 fully saturated rings. The van der Waals surface area contributed by atoms with Gasteiger partial charge in [0.15, 0.2) is 10.7 Å². The van der Waals surface area contributed by atoms with Crippen LogP contribution in [0.4, 0.5) is 19.0 Å². The van der Waals surface area contributed by atoms with Crippen molar-refractivity contribution in [2.24, 2.45) is 5.73 Å². The molecule has 2 aromatic carbocycles. The van der Waals surface area contributed by atoms with E-state index in [-0.39, 0.29) is 22.9 Å². The lowest BCUT2D eigenvalue weighted by Gasteiger charge is -2.08. The first-order valence-corrected chi connectivity index (χ1v) is 10.0. The number of rotatable bonds is 6. The zero-order valence-electron chi connectivity index (χ0n) is 16.3. The molecule has 0 aliphatic carbocycles. The Hall–Kier alpha value is -3.24. The van der Waals surface area contributed by atoms with Crippen molar-refractivity contribution in [2.45, 2.75) is 19.6 Å². The van der Waals surface area contributed by atoms with Gasteiger partial charge in [-0.2, -0.15) is 13.2 Å². The third-order valence-electron chi connectivity index (χ3n) is 4.23. The predicted molar refractivity (Wildman–Crippen MR) is 111 cm³/mol. The van der Waals surface area contributed by atoms with Crippen LogP contribution in [0.3, 0.4) is 0 Å². The molecule has 1 aromatic heterocycles. The highest BCUT2D eigenvalue weighted by Crippen LogP contribution is 2.33. The van der Waals surface area contributed by atoms with E-state index in [4.69, 9.17) is 10.5 Å². The van der Waals surface area contributed by atoms with Gasteiger partial charge in [0.25, 0.3) is 5.91 Å². The number of halogens is 3. The molecule has 0 radical (unpaired) electrons. The first kappa shape index (κ1) is 22.4. The number of esters is 1. The van der Waals surface area contributed by atoms with Gasteiger partial charge in [-0.1, -0.05) is 24.3 Å². The molecule has 3 N–H and O–H groups in total. The van der Waals surface area contributed by atoms with Crippen LogP contribution in [0.1, 0.15) is 38.1 Å². The number of hydrogen-bond donors (Lipinski definition) is 2. The topological polar surface area (TPSA) is 94.3 Å². The number of ether oxygens (including phenoxy) is 1. The Labute approximate surface area is 179 Å². The number of aromatic nitrogens is 1. The molecule has 3 rings (SSSR count). The zero-order chi connectivity index (χ0) is 22.6. The fourth-order valence-electron chi connectivity index (χ4n) is 2.64. The summed E-state index contributed by atoms with van der Waals surface area (Å²) in [6.07, 6.45) is -4.50. The average molecular weight is 449 g/mol. The number of benzene rings is 2. The van der Waals surface area contributed by atoms with Gasteiger partial charge in [0, 0.05) is 17.7 Å². The highest BCUT2D eigenvalue weighted by Gasteiger charge is 2.30. The van der Waals surface area contributed by atoms with Crippen molar-refractivity contribution in [3.63, 3.8) is 0 Å². The molecule has 0 unspecified atom stereocenters. The molecule has 31 heavy (non-hydrogen) atoms. The van der Waals surface area contributed by atoms with E-state index in [9.17, 15) is 22.8 Å². The summed E-state index contributed by atoms with van der Waals surface area (Å²) < 4.78 is 43.2. The summed E-state index contributed by atoms with van der Waals surface area (Å²) in [4.78, 5) is 29.3. The molecule has 0 aliphatic rings. The Kier molecular flexibility index (Phi) is 6.71. The van der Waals surface area contributed by atoms with Crippen LogP contribution in [-0.2, 0) is 17.5 Å². The summed E-state index contributed by atoms with van der Waals surface area (Å²) in [7, 11) is 0. The van der Waals surface area contributed by atoms with Gasteiger partial charge in [0.2, 0.25) is 0 Å².